The summed E-state index contributed by atoms with van der Waals surface area (Å²) < 4.78 is 0. The Labute approximate surface area is 203 Å². The number of hydrogen-bond donors (Lipinski definition) is 2. The van der Waals surface area contributed by atoms with Crippen molar-refractivity contribution < 1.29 is 24.6 Å². The number of ketones is 1. The minimum atomic E-state index is -2.04. The Hall–Kier alpha value is -3.88. The molecule has 1 atom stereocenters. The summed E-state index contributed by atoms with van der Waals surface area (Å²) >= 11 is 6.81. The molecule has 0 saturated carbocycles. The maximum atomic E-state index is 13.6. The van der Waals surface area contributed by atoms with Crippen molar-refractivity contribution >= 4 is 57.5 Å². The molecule has 2 aliphatic heterocycles. The molecule has 1 unspecified atom stereocenters. The topological polar surface area (TPSA) is 107 Å². The Bertz CT molecular complexity index is 1420. The maximum absolute atomic E-state index is 13.6. The van der Waals surface area contributed by atoms with Crippen LogP contribution in [0.25, 0.3) is 5.76 Å². The van der Waals surface area contributed by atoms with E-state index in [4.69, 9.17) is 11.6 Å². The van der Waals surface area contributed by atoms with Gasteiger partial charge in [0.1, 0.15) is 16.6 Å². The van der Waals surface area contributed by atoms with Gasteiger partial charge in [0.2, 0.25) is 4.87 Å². The van der Waals surface area contributed by atoms with E-state index >= 15 is 0 Å². The van der Waals surface area contributed by atoms with Gasteiger partial charge in [-0.05, 0) is 36.4 Å². The first-order valence-electron chi connectivity index (χ1n) is 10.1. The quantitative estimate of drug-likeness (QED) is 0.321. The summed E-state index contributed by atoms with van der Waals surface area (Å²) in [6.45, 7) is 0. The third-order valence-electron chi connectivity index (χ3n) is 5.51. The number of aliphatic hydroxyl groups is 1. The molecular weight excluding hydrogens is 476 g/mol. The summed E-state index contributed by atoms with van der Waals surface area (Å²) in [6, 6.07) is 20.6. The number of benzene rings is 3. The lowest BCUT2D eigenvalue weighted by Crippen LogP contribution is -2.48. The van der Waals surface area contributed by atoms with Gasteiger partial charge < -0.3 is 10.2 Å². The number of halogens is 1. The average Bonchev–Trinajstić information content (AvgIpc) is 3.29. The van der Waals surface area contributed by atoms with Gasteiger partial charge in [0.05, 0.1) is 11.3 Å². The highest BCUT2D eigenvalue weighted by atomic mass is 35.5. The van der Waals surface area contributed by atoms with Crippen molar-refractivity contribution in [2.75, 3.05) is 4.90 Å². The number of carbonyl (C=O) groups is 3. The first-order valence-corrected chi connectivity index (χ1v) is 11.3. The molecule has 2 amide bonds. The van der Waals surface area contributed by atoms with E-state index in [9.17, 15) is 24.6 Å². The van der Waals surface area contributed by atoms with E-state index in [1.807, 2.05) is 0 Å². The van der Waals surface area contributed by atoms with Gasteiger partial charge in [0.25, 0.3) is 11.7 Å². The summed E-state index contributed by atoms with van der Waals surface area (Å²) in [5.74, 6) is -3.81. The minimum Gasteiger partial charge on any atom is -0.507 e. The van der Waals surface area contributed by atoms with Crippen LogP contribution in [0.2, 0.25) is 5.02 Å². The molecule has 0 aliphatic carbocycles. The molecule has 3 aromatic carbocycles. The molecule has 0 bridgehead atoms. The molecule has 1 fully saturated rings. The Morgan fingerprint density at radius 3 is 2.24 bits per heavy atom. The van der Waals surface area contributed by atoms with E-state index in [1.54, 1.807) is 42.5 Å². The zero-order valence-electron chi connectivity index (χ0n) is 17.3. The van der Waals surface area contributed by atoms with E-state index in [1.165, 1.54) is 36.4 Å². The monoisotopic (exact) mass is 490 g/mol. The van der Waals surface area contributed by atoms with Crippen LogP contribution in [0.15, 0.2) is 89.4 Å². The molecular formula is C25H15ClN2O5S. The van der Waals surface area contributed by atoms with Gasteiger partial charge >= 0.3 is 5.91 Å². The molecule has 0 aromatic heterocycles. The van der Waals surface area contributed by atoms with Gasteiger partial charge in [-0.1, -0.05) is 65.8 Å². The number of anilines is 1. The molecule has 2 aliphatic rings. The molecule has 2 heterocycles. The van der Waals surface area contributed by atoms with Crippen molar-refractivity contribution in [2.24, 2.45) is 4.99 Å². The van der Waals surface area contributed by atoms with Crippen molar-refractivity contribution in [1.29, 1.82) is 0 Å². The smallest absolute Gasteiger partial charge is 0.301 e. The van der Waals surface area contributed by atoms with Crippen molar-refractivity contribution in [1.82, 2.24) is 0 Å². The predicted molar refractivity (Wildman–Crippen MR) is 130 cm³/mol. The van der Waals surface area contributed by atoms with E-state index < -0.39 is 33.8 Å². The second-order valence-corrected chi connectivity index (χ2v) is 9.14. The molecule has 1 saturated heterocycles. The molecule has 0 radical (unpaired) electrons. The number of hydrogen-bond acceptors (Lipinski definition) is 6. The number of rotatable bonds is 3. The van der Waals surface area contributed by atoms with Crippen molar-refractivity contribution in [3.05, 3.63) is 101 Å². The average molecular weight is 491 g/mol. The van der Waals surface area contributed by atoms with E-state index in [2.05, 4.69) is 4.99 Å². The van der Waals surface area contributed by atoms with E-state index in [-0.39, 0.29) is 22.0 Å². The standard InChI is InChI=1S/C25H15ClN2O5S/c26-16-12-10-14(11-13-16)20(30)19-21(31)23(32)28(17-8-4-5-9-18(17)29)25(19)24(33)27-22(34-25)15-6-2-1-3-7-15/h1-13,29-30H/b20-19-. The summed E-state index contributed by atoms with van der Waals surface area (Å²) in [7, 11) is 0. The molecule has 168 valence electrons. The van der Waals surface area contributed by atoms with Crippen molar-refractivity contribution in [3.63, 3.8) is 0 Å². The van der Waals surface area contributed by atoms with Gasteiger partial charge in [-0.15, -0.1) is 0 Å². The normalized spacial score (nSPS) is 21.4. The van der Waals surface area contributed by atoms with E-state index in [0.29, 0.717) is 10.6 Å². The number of phenols is 1. The highest BCUT2D eigenvalue weighted by Crippen LogP contribution is 2.53. The van der Waals surface area contributed by atoms with E-state index in [0.717, 1.165) is 16.7 Å². The third kappa shape index (κ3) is 3.22. The summed E-state index contributed by atoms with van der Waals surface area (Å²) in [6.07, 6.45) is 0. The molecule has 7 nitrogen and oxygen atoms in total. The second-order valence-electron chi connectivity index (χ2n) is 7.52. The van der Waals surface area contributed by atoms with Crippen LogP contribution in [0.1, 0.15) is 11.1 Å². The number of amides is 2. The highest BCUT2D eigenvalue weighted by Gasteiger charge is 2.66. The van der Waals surface area contributed by atoms with Gasteiger partial charge in [-0.25, -0.2) is 4.99 Å². The lowest BCUT2D eigenvalue weighted by molar-refractivity contribution is -0.132. The van der Waals surface area contributed by atoms with Crippen LogP contribution in [0.5, 0.6) is 5.75 Å². The lowest BCUT2D eigenvalue weighted by atomic mass is 9.99. The number of nitrogens with zero attached hydrogens (tertiary/aromatic N) is 2. The van der Waals surface area contributed by atoms with Crippen molar-refractivity contribution in [2.45, 2.75) is 4.87 Å². The Morgan fingerprint density at radius 2 is 1.56 bits per heavy atom. The zero-order valence-corrected chi connectivity index (χ0v) is 18.9. The van der Waals surface area contributed by atoms with Crippen molar-refractivity contribution in [3.8, 4) is 5.75 Å². The number of carbonyl (C=O) groups excluding carboxylic acids is 3. The Balaban J connectivity index is 1.77. The Morgan fingerprint density at radius 1 is 0.912 bits per heavy atom. The fourth-order valence-electron chi connectivity index (χ4n) is 3.95. The Kier molecular flexibility index (Phi) is 5.27. The van der Waals surface area contributed by atoms with Crippen LogP contribution in [0.4, 0.5) is 5.69 Å². The third-order valence-corrected chi connectivity index (χ3v) is 7.14. The van der Waals surface area contributed by atoms with Gasteiger partial charge in [0, 0.05) is 16.1 Å². The maximum Gasteiger partial charge on any atom is 0.301 e. The first-order chi connectivity index (χ1) is 16.3. The van der Waals surface area contributed by atoms with Crippen LogP contribution in [-0.2, 0) is 14.4 Å². The number of aliphatic hydroxyl groups excluding tert-OH is 1. The SMILES string of the molecule is O=C1C(=O)N(c2ccccc2O)C2(SC(c3ccccc3)=NC2=O)/C1=C(\O)c1ccc(Cl)cc1. The molecule has 2 N–H and O–H groups in total. The fraction of sp³-hybridized carbons (Fsp3) is 0.0400. The van der Waals surface area contributed by atoms with Gasteiger partial charge in [-0.3, -0.25) is 19.3 Å². The number of Topliss-reactive ketones (excluding diaryl/α,β-unsaturated/α-hetero) is 1. The number of thioether (sulfide) groups is 1. The molecule has 34 heavy (non-hydrogen) atoms. The van der Waals surface area contributed by atoms with Crippen LogP contribution in [-0.4, -0.2) is 37.7 Å². The van der Waals surface area contributed by atoms with Crippen LogP contribution in [0.3, 0.4) is 0 Å². The zero-order chi connectivity index (χ0) is 24.0. The minimum absolute atomic E-state index is 0.0508. The van der Waals surface area contributed by atoms with Crippen LogP contribution in [0, 0.1) is 0 Å². The first kappa shape index (κ1) is 21.9. The molecule has 1 spiro atoms. The molecule has 3 aromatic rings. The molecule has 5 rings (SSSR count). The van der Waals surface area contributed by atoms with Crippen LogP contribution < -0.4 is 4.90 Å². The second kappa shape index (κ2) is 8.16. The summed E-state index contributed by atoms with van der Waals surface area (Å²) in [5, 5.41) is 22.4. The van der Waals surface area contributed by atoms with Gasteiger partial charge in [-0.2, -0.15) is 0 Å². The largest absolute Gasteiger partial charge is 0.507 e. The number of aliphatic imine (C=N–C) groups is 1. The fourth-order valence-corrected chi connectivity index (χ4v) is 5.43. The summed E-state index contributed by atoms with van der Waals surface area (Å²) in [4.78, 5) is 43.2. The van der Waals surface area contributed by atoms with Gasteiger partial charge in [0.15, 0.2) is 0 Å². The highest BCUT2D eigenvalue weighted by molar-refractivity contribution is 8.17. The predicted octanol–water partition coefficient (Wildman–Crippen LogP) is 4.35. The van der Waals surface area contributed by atoms with Crippen LogP contribution >= 0.6 is 23.4 Å². The summed E-state index contributed by atoms with van der Waals surface area (Å²) in [5.41, 5.74) is 0.325. The number of aromatic hydroxyl groups is 1. The molecule has 9 heteroatoms. The lowest BCUT2D eigenvalue weighted by Gasteiger charge is -2.32. The number of phenolic OH excluding ortho intramolecular Hbond substituents is 1. The number of para-hydroxylation sites is 2.